The zero-order chi connectivity index (χ0) is 16.8. The summed E-state index contributed by atoms with van der Waals surface area (Å²) in [5.74, 6) is -0.216. The van der Waals surface area contributed by atoms with Crippen LogP contribution in [0.1, 0.15) is 18.1 Å². The van der Waals surface area contributed by atoms with E-state index in [1.54, 1.807) is 12.1 Å². The zero-order valence-electron chi connectivity index (χ0n) is 13.6. The van der Waals surface area contributed by atoms with E-state index in [1.165, 1.54) is 6.92 Å². The molecule has 0 radical (unpaired) electrons. The second kappa shape index (κ2) is 7.45. The van der Waals surface area contributed by atoms with Crippen LogP contribution in [0.5, 0.6) is 0 Å². The van der Waals surface area contributed by atoms with Crippen LogP contribution < -0.4 is 16.0 Å². The Labute approximate surface area is 136 Å². The summed E-state index contributed by atoms with van der Waals surface area (Å²) in [6, 6.07) is 13.1. The predicted octanol–water partition coefficient (Wildman–Crippen LogP) is 3.31. The van der Waals surface area contributed by atoms with Crippen LogP contribution in [-0.2, 0) is 9.59 Å². The molecule has 3 N–H and O–H groups in total. The monoisotopic (exact) mass is 311 g/mol. The van der Waals surface area contributed by atoms with Crippen LogP contribution in [-0.4, -0.2) is 18.4 Å². The molecule has 0 atom stereocenters. The van der Waals surface area contributed by atoms with Crippen molar-refractivity contribution in [3.63, 3.8) is 0 Å². The SMILES string of the molecule is CC(=O)Nc1ccc(NCC(=O)Nc2c(C)cccc2C)cc1. The second-order valence-corrected chi connectivity index (χ2v) is 5.43. The summed E-state index contributed by atoms with van der Waals surface area (Å²) in [7, 11) is 0. The molecule has 0 heterocycles. The van der Waals surface area contributed by atoms with Gasteiger partial charge in [0.05, 0.1) is 6.54 Å². The smallest absolute Gasteiger partial charge is 0.243 e. The number of benzene rings is 2. The molecular weight excluding hydrogens is 290 g/mol. The van der Waals surface area contributed by atoms with E-state index < -0.39 is 0 Å². The number of amides is 2. The van der Waals surface area contributed by atoms with Gasteiger partial charge in [0.2, 0.25) is 11.8 Å². The average Bonchev–Trinajstić information content (AvgIpc) is 2.50. The van der Waals surface area contributed by atoms with E-state index in [0.717, 1.165) is 28.2 Å². The van der Waals surface area contributed by atoms with Crippen LogP contribution in [0.4, 0.5) is 17.1 Å². The van der Waals surface area contributed by atoms with Gasteiger partial charge in [-0.3, -0.25) is 9.59 Å². The molecule has 0 spiro atoms. The Morgan fingerprint density at radius 1 is 0.870 bits per heavy atom. The second-order valence-electron chi connectivity index (χ2n) is 5.43. The largest absolute Gasteiger partial charge is 0.376 e. The molecule has 120 valence electrons. The van der Waals surface area contributed by atoms with Gasteiger partial charge in [0.1, 0.15) is 0 Å². The Morgan fingerprint density at radius 2 is 1.43 bits per heavy atom. The summed E-state index contributed by atoms with van der Waals surface area (Å²) >= 11 is 0. The van der Waals surface area contributed by atoms with Crippen molar-refractivity contribution in [3.8, 4) is 0 Å². The lowest BCUT2D eigenvalue weighted by molar-refractivity contribution is -0.115. The van der Waals surface area contributed by atoms with Crippen molar-refractivity contribution < 1.29 is 9.59 Å². The average molecular weight is 311 g/mol. The lowest BCUT2D eigenvalue weighted by Crippen LogP contribution is -2.22. The Kier molecular flexibility index (Phi) is 5.36. The number of hydrogen-bond acceptors (Lipinski definition) is 3. The van der Waals surface area contributed by atoms with E-state index in [4.69, 9.17) is 0 Å². The van der Waals surface area contributed by atoms with E-state index in [2.05, 4.69) is 16.0 Å². The molecule has 2 aromatic carbocycles. The van der Waals surface area contributed by atoms with Crippen LogP contribution in [0, 0.1) is 13.8 Å². The van der Waals surface area contributed by atoms with E-state index in [0.29, 0.717) is 0 Å². The third kappa shape index (κ3) is 4.85. The van der Waals surface area contributed by atoms with Crippen LogP contribution in [0.3, 0.4) is 0 Å². The van der Waals surface area contributed by atoms with E-state index in [9.17, 15) is 9.59 Å². The molecule has 5 heteroatoms. The summed E-state index contributed by atoms with van der Waals surface area (Å²) in [6.45, 7) is 5.57. The predicted molar refractivity (Wildman–Crippen MR) is 93.8 cm³/mol. The Morgan fingerprint density at radius 3 is 2.00 bits per heavy atom. The van der Waals surface area contributed by atoms with Crippen molar-refractivity contribution in [1.29, 1.82) is 0 Å². The highest BCUT2D eigenvalue weighted by Crippen LogP contribution is 2.19. The lowest BCUT2D eigenvalue weighted by atomic mass is 10.1. The van der Waals surface area contributed by atoms with Gasteiger partial charge in [-0.05, 0) is 49.2 Å². The van der Waals surface area contributed by atoms with E-state index in [-0.39, 0.29) is 18.4 Å². The Balaban J connectivity index is 1.90. The van der Waals surface area contributed by atoms with Gasteiger partial charge >= 0.3 is 0 Å². The third-order valence-corrected chi connectivity index (χ3v) is 3.40. The number of para-hydroxylation sites is 1. The van der Waals surface area contributed by atoms with Crippen LogP contribution in [0.25, 0.3) is 0 Å². The van der Waals surface area contributed by atoms with Gasteiger partial charge in [0.15, 0.2) is 0 Å². The molecule has 0 fully saturated rings. The summed E-state index contributed by atoms with van der Waals surface area (Å²) in [5, 5.41) is 8.68. The first-order chi connectivity index (χ1) is 11.0. The molecule has 0 aliphatic rings. The van der Waals surface area contributed by atoms with Crippen molar-refractivity contribution in [2.75, 3.05) is 22.5 Å². The van der Waals surface area contributed by atoms with Crippen molar-refractivity contribution in [2.24, 2.45) is 0 Å². The molecule has 0 saturated carbocycles. The molecule has 0 unspecified atom stereocenters. The molecule has 5 nitrogen and oxygen atoms in total. The normalized spacial score (nSPS) is 10.0. The van der Waals surface area contributed by atoms with Gasteiger partial charge in [0.25, 0.3) is 0 Å². The summed E-state index contributed by atoms with van der Waals surface area (Å²) < 4.78 is 0. The van der Waals surface area contributed by atoms with Gasteiger partial charge in [0, 0.05) is 24.0 Å². The number of aryl methyl sites for hydroxylation is 2. The fourth-order valence-electron chi connectivity index (χ4n) is 2.25. The maximum Gasteiger partial charge on any atom is 0.243 e. The van der Waals surface area contributed by atoms with Gasteiger partial charge in [-0.15, -0.1) is 0 Å². The highest BCUT2D eigenvalue weighted by molar-refractivity contribution is 5.95. The number of carbonyl (C=O) groups excluding carboxylic acids is 2. The first-order valence-corrected chi connectivity index (χ1v) is 7.43. The Bertz CT molecular complexity index is 688. The molecular formula is C18H21N3O2. The lowest BCUT2D eigenvalue weighted by Gasteiger charge is -2.12. The summed E-state index contributed by atoms with van der Waals surface area (Å²) in [5.41, 5.74) is 4.48. The Hall–Kier alpha value is -2.82. The number of hydrogen-bond donors (Lipinski definition) is 3. The highest BCUT2D eigenvalue weighted by Gasteiger charge is 2.07. The van der Waals surface area contributed by atoms with Gasteiger partial charge in [-0.2, -0.15) is 0 Å². The van der Waals surface area contributed by atoms with Gasteiger partial charge < -0.3 is 16.0 Å². The molecule has 0 aromatic heterocycles. The van der Waals surface area contributed by atoms with Crippen molar-refractivity contribution in [1.82, 2.24) is 0 Å². The molecule has 2 aromatic rings. The van der Waals surface area contributed by atoms with E-state index in [1.807, 2.05) is 44.2 Å². The van der Waals surface area contributed by atoms with E-state index >= 15 is 0 Å². The fraction of sp³-hybridized carbons (Fsp3) is 0.222. The minimum atomic E-state index is -0.112. The molecule has 0 aliphatic carbocycles. The molecule has 0 saturated heterocycles. The maximum absolute atomic E-state index is 12.1. The number of nitrogens with one attached hydrogen (secondary N) is 3. The maximum atomic E-state index is 12.1. The first-order valence-electron chi connectivity index (χ1n) is 7.43. The number of carbonyl (C=O) groups is 2. The van der Waals surface area contributed by atoms with Crippen LogP contribution in [0.15, 0.2) is 42.5 Å². The molecule has 0 bridgehead atoms. The highest BCUT2D eigenvalue weighted by atomic mass is 16.2. The van der Waals surface area contributed by atoms with Crippen molar-refractivity contribution >= 4 is 28.9 Å². The van der Waals surface area contributed by atoms with Gasteiger partial charge in [-0.25, -0.2) is 0 Å². The number of anilines is 3. The van der Waals surface area contributed by atoms with Crippen molar-refractivity contribution in [2.45, 2.75) is 20.8 Å². The quantitative estimate of drug-likeness (QED) is 0.793. The molecule has 2 amide bonds. The minimum Gasteiger partial charge on any atom is -0.376 e. The zero-order valence-corrected chi connectivity index (χ0v) is 13.6. The van der Waals surface area contributed by atoms with Crippen molar-refractivity contribution in [3.05, 3.63) is 53.6 Å². The molecule has 2 rings (SSSR count). The fourth-order valence-corrected chi connectivity index (χ4v) is 2.25. The summed E-state index contributed by atoms with van der Waals surface area (Å²) in [4.78, 5) is 23.0. The van der Waals surface area contributed by atoms with Crippen LogP contribution in [0.2, 0.25) is 0 Å². The minimum absolute atomic E-state index is 0.103. The van der Waals surface area contributed by atoms with Crippen LogP contribution >= 0.6 is 0 Å². The topological polar surface area (TPSA) is 70.2 Å². The molecule has 0 aliphatic heterocycles. The first kappa shape index (κ1) is 16.5. The summed E-state index contributed by atoms with van der Waals surface area (Å²) in [6.07, 6.45) is 0. The van der Waals surface area contributed by atoms with Gasteiger partial charge in [-0.1, -0.05) is 18.2 Å². The standard InChI is InChI=1S/C18H21N3O2/c1-12-5-4-6-13(2)18(12)21-17(23)11-19-15-7-9-16(10-8-15)20-14(3)22/h4-10,19H,11H2,1-3H3,(H,20,22)(H,21,23). The number of rotatable bonds is 5. The molecule has 23 heavy (non-hydrogen) atoms. The third-order valence-electron chi connectivity index (χ3n) is 3.40.